The molecular weight excluding hydrogens is 136 g/mol. The molecule has 1 nitrogen and oxygen atoms in total. The topological polar surface area (TPSA) is 17.1 Å². The van der Waals surface area contributed by atoms with E-state index in [0.29, 0.717) is 12.3 Å². The maximum absolute atomic E-state index is 10.0. The van der Waals surface area contributed by atoms with Gasteiger partial charge in [-0.2, -0.15) is 0 Å². The van der Waals surface area contributed by atoms with Crippen LogP contribution in [0.3, 0.4) is 0 Å². The molecule has 0 bridgehead atoms. The lowest BCUT2D eigenvalue weighted by Gasteiger charge is -2.08. The van der Waals surface area contributed by atoms with Gasteiger partial charge in [-0.1, -0.05) is 19.4 Å². The molecule has 0 aromatic carbocycles. The van der Waals surface area contributed by atoms with Crippen molar-refractivity contribution in [2.75, 3.05) is 0 Å². The first-order valence-corrected chi connectivity index (χ1v) is 4.41. The van der Waals surface area contributed by atoms with Gasteiger partial charge in [-0.3, -0.25) is 0 Å². The first kappa shape index (κ1) is 10.4. The molecule has 0 spiro atoms. The quantitative estimate of drug-likeness (QED) is 0.313. The number of carbonyl (C=O) groups excluding carboxylic acids is 1. The molecule has 0 aromatic rings. The van der Waals surface area contributed by atoms with E-state index in [1.165, 1.54) is 12.8 Å². The van der Waals surface area contributed by atoms with Gasteiger partial charge >= 0.3 is 0 Å². The van der Waals surface area contributed by atoms with Crippen LogP contribution in [0.4, 0.5) is 0 Å². The molecular formula is C10H18O. The molecule has 0 saturated carbocycles. The molecule has 0 radical (unpaired) electrons. The van der Waals surface area contributed by atoms with Gasteiger partial charge in [0.25, 0.3) is 0 Å². The predicted molar refractivity (Wildman–Crippen MR) is 48.5 cm³/mol. The number of hydrogen-bond acceptors (Lipinski definition) is 1. The normalized spacial score (nSPS) is 12.5. The zero-order chi connectivity index (χ0) is 8.53. The lowest BCUT2D eigenvalue weighted by molar-refractivity contribution is -0.107. The Balaban J connectivity index is 3.34. The molecule has 0 amide bonds. The molecule has 0 fully saturated rings. The number of allylic oxidation sites excluding steroid dienone is 1. The van der Waals surface area contributed by atoms with Crippen molar-refractivity contribution in [2.45, 2.75) is 39.0 Å². The molecule has 64 valence electrons. The fourth-order valence-corrected chi connectivity index (χ4v) is 1.21. The number of hydrogen-bond donors (Lipinski definition) is 0. The smallest absolute Gasteiger partial charge is 0.119 e. The molecule has 0 aliphatic carbocycles. The lowest BCUT2D eigenvalue weighted by Crippen LogP contribution is -1.95. The SMILES string of the molecule is C=CC(CCC)CCCC=O. The molecule has 0 aromatic heterocycles. The summed E-state index contributed by atoms with van der Waals surface area (Å²) in [6.45, 7) is 5.95. The van der Waals surface area contributed by atoms with Crippen LogP contribution in [0, 0.1) is 5.92 Å². The minimum Gasteiger partial charge on any atom is -0.303 e. The van der Waals surface area contributed by atoms with E-state index in [2.05, 4.69) is 13.5 Å². The summed E-state index contributed by atoms with van der Waals surface area (Å²) in [4.78, 5) is 10.0. The zero-order valence-corrected chi connectivity index (χ0v) is 7.38. The molecule has 0 heterocycles. The van der Waals surface area contributed by atoms with Crippen molar-refractivity contribution in [2.24, 2.45) is 5.92 Å². The van der Waals surface area contributed by atoms with Crippen LogP contribution in [0.1, 0.15) is 39.0 Å². The standard InChI is InChI=1S/C10H18O/c1-3-7-10(4-2)8-5-6-9-11/h4,9-10H,2-3,5-8H2,1H3. The van der Waals surface area contributed by atoms with E-state index in [1.54, 1.807) is 0 Å². The second-order valence-corrected chi connectivity index (χ2v) is 2.88. The molecule has 0 aliphatic rings. The van der Waals surface area contributed by atoms with E-state index in [4.69, 9.17) is 0 Å². The number of aldehydes is 1. The Morgan fingerprint density at radius 3 is 2.64 bits per heavy atom. The second-order valence-electron chi connectivity index (χ2n) is 2.88. The van der Waals surface area contributed by atoms with Crippen molar-refractivity contribution in [3.8, 4) is 0 Å². The van der Waals surface area contributed by atoms with Crippen LogP contribution in [0.5, 0.6) is 0 Å². The van der Waals surface area contributed by atoms with E-state index in [9.17, 15) is 4.79 Å². The maximum atomic E-state index is 10.0. The minimum absolute atomic E-state index is 0.625. The van der Waals surface area contributed by atoms with Crippen LogP contribution in [0.15, 0.2) is 12.7 Å². The summed E-state index contributed by atoms with van der Waals surface area (Å²) in [5.74, 6) is 0.625. The van der Waals surface area contributed by atoms with Gasteiger partial charge in [0.05, 0.1) is 0 Å². The van der Waals surface area contributed by atoms with E-state index in [1.807, 2.05) is 6.08 Å². The van der Waals surface area contributed by atoms with Gasteiger partial charge in [-0.05, 0) is 25.2 Å². The van der Waals surface area contributed by atoms with Gasteiger partial charge in [0.15, 0.2) is 0 Å². The van der Waals surface area contributed by atoms with Gasteiger partial charge < -0.3 is 4.79 Å². The van der Waals surface area contributed by atoms with Crippen molar-refractivity contribution in [3.05, 3.63) is 12.7 Å². The van der Waals surface area contributed by atoms with Gasteiger partial charge in [-0.15, -0.1) is 6.58 Å². The molecule has 0 aliphatic heterocycles. The third-order valence-corrected chi connectivity index (χ3v) is 1.89. The van der Waals surface area contributed by atoms with Crippen molar-refractivity contribution in [3.63, 3.8) is 0 Å². The molecule has 0 N–H and O–H groups in total. The van der Waals surface area contributed by atoms with Gasteiger partial charge in [-0.25, -0.2) is 0 Å². The Bertz CT molecular complexity index is 107. The summed E-state index contributed by atoms with van der Waals surface area (Å²) in [5, 5.41) is 0. The monoisotopic (exact) mass is 154 g/mol. The van der Waals surface area contributed by atoms with Crippen molar-refractivity contribution in [1.82, 2.24) is 0 Å². The van der Waals surface area contributed by atoms with Crippen molar-refractivity contribution in [1.29, 1.82) is 0 Å². The summed E-state index contributed by atoms with van der Waals surface area (Å²) in [5.41, 5.74) is 0. The molecule has 0 saturated heterocycles. The van der Waals surface area contributed by atoms with Crippen LogP contribution in [-0.4, -0.2) is 6.29 Å². The Morgan fingerprint density at radius 2 is 2.18 bits per heavy atom. The van der Waals surface area contributed by atoms with Gasteiger partial charge in [0.2, 0.25) is 0 Å². The number of carbonyl (C=O) groups is 1. The van der Waals surface area contributed by atoms with E-state index in [-0.39, 0.29) is 0 Å². The Kier molecular flexibility index (Phi) is 7.11. The highest BCUT2D eigenvalue weighted by Gasteiger charge is 2.00. The highest BCUT2D eigenvalue weighted by atomic mass is 16.1. The first-order valence-electron chi connectivity index (χ1n) is 4.41. The molecule has 1 heteroatoms. The summed E-state index contributed by atoms with van der Waals surface area (Å²) < 4.78 is 0. The van der Waals surface area contributed by atoms with Crippen molar-refractivity contribution < 1.29 is 4.79 Å². The zero-order valence-electron chi connectivity index (χ0n) is 7.38. The van der Waals surface area contributed by atoms with E-state index in [0.717, 1.165) is 19.1 Å². The van der Waals surface area contributed by atoms with E-state index >= 15 is 0 Å². The predicted octanol–water partition coefficient (Wildman–Crippen LogP) is 2.96. The minimum atomic E-state index is 0.625. The number of rotatable bonds is 7. The van der Waals surface area contributed by atoms with Crippen molar-refractivity contribution >= 4 is 6.29 Å². The molecule has 11 heavy (non-hydrogen) atoms. The number of unbranched alkanes of at least 4 members (excludes halogenated alkanes) is 1. The fourth-order valence-electron chi connectivity index (χ4n) is 1.21. The van der Waals surface area contributed by atoms with Crippen LogP contribution >= 0.6 is 0 Å². The lowest BCUT2D eigenvalue weighted by atomic mass is 9.97. The third-order valence-electron chi connectivity index (χ3n) is 1.89. The molecule has 1 unspecified atom stereocenters. The Hall–Kier alpha value is -0.590. The van der Waals surface area contributed by atoms with Crippen LogP contribution in [-0.2, 0) is 4.79 Å². The van der Waals surface area contributed by atoms with E-state index < -0.39 is 0 Å². The highest BCUT2D eigenvalue weighted by molar-refractivity contribution is 5.48. The van der Waals surface area contributed by atoms with Crippen LogP contribution in [0.25, 0.3) is 0 Å². The first-order chi connectivity index (χ1) is 5.35. The Labute approximate surface area is 69.5 Å². The summed E-state index contributed by atoms with van der Waals surface area (Å²) in [6.07, 6.45) is 8.25. The van der Waals surface area contributed by atoms with Crippen LogP contribution in [0.2, 0.25) is 0 Å². The van der Waals surface area contributed by atoms with Gasteiger partial charge in [0.1, 0.15) is 6.29 Å². The second kappa shape index (κ2) is 7.52. The fraction of sp³-hybridized carbons (Fsp3) is 0.700. The average Bonchev–Trinajstić information content (AvgIpc) is 2.03. The Morgan fingerprint density at radius 1 is 1.45 bits per heavy atom. The average molecular weight is 154 g/mol. The van der Waals surface area contributed by atoms with Crippen LogP contribution < -0.4 is 0 Å². The molecule has 0 rings (SSSR count). The van der Waals surface area contributed by atoms with Gasteiger partial charge in [0, 0.05) is 6.42 Å². The summed E-state index contributed by atoms with van der Waals surface area (Å²) in [6, 6.07) is 0. The summed E-state index contributed by atoms with van der Waals surface area (Å²) >= 11 is 0. The maximum Gasteiger partial charge on any atom is 0.119 e. The third kappa shape index (κ3) is 5.84. The summed E-state index contributed by atoms with van der Waals surface area (Å²) in [7, 11) is 0. The largest absolute Gasteiger partial charge is 0.303 e. The molecule has 1 atom stereocenters. The highest BCUT2D eigenvalue weighted by Crippen LogP contribution is 2.14.